The quantitative estimate of drug-likeness (QED) is 0.537. The fourth-order valence-electron chi connectivity index (χ4n) is 1.37. The number of azo groups is 1. The van der Waals surface area contributed by atoms with E-state index in [0.717, 1.165) is 6.42 Å². The van der Waals surface area contributed by atoms with E-state index in [1.807, 2.05) is 6.08 Å². The molecule has 11 heavy (non-hydrogen) atoms. The molecule has 0 radical (unpaired) electrons. The van der Waals surface area contributed by atoms with Crippen LogP contribution in [0, 0.1) is 5.92 Å². The Bertz CT molecular complexity index is 234. The third-order valence-electron chi connectivity index (χ3n) is 2.02. The van der Waals surface area contributed by atoms with Gasteiger partial charge in [0.1, 0.15) is 0 Å². The molecule has 4 heteroatoms. The predicted molar refractivity (Wildman–Crippen MR) is 38.9 cm³/mol. The molecule has 2 heterocycles. The third-order valence-corrected chi connectivity index (χ3v) is 2.02. The minimum atomic E-state index is -0.231. The van der Waals surface area contributed by atoms with Crippen LogP contribution < -0.4 is 5.32 Å². The van der Waals surface area contributed by atoms with E-state index in [1.165, 1.54) is 0 Å². The smallest absolute Gasteiger partial charge is 0.250 e. The van der Waals surface area contributed by atoms with Crippen LogP contribution in [0.25, 0.3) is 0 Å². The number of carbonyl (C=O) groups is 1. The molecule has 0 aromatic heterocycles. The van der Waals surface area contributed by atoms with E-state index in [9.17, 15) is 4.79 Å². The molecule has 0 saturated heterocycles. The summed E-state index contributed by atoms with van der Waals surface area (Å²) in [5, 5.41) is 10.4. The molecular formula is C7H9N3O. The first kappa shape index (κ1) is 6.52. The van der Waals surface area contributed by atoms with Crippen LogP contribution in [0.2, 0.25) is 0 Å². The summed E-state index contributed by atoms with van der Waals surface area (Å²) in [7, 11) is 0. The molecule has 0 spiro atoms. The highest BCUT2D eigenvalue weighted by Gasteiger charge is 2.31. The van der Waals surface area contributed by atoms with Gasteiger partial charge in [-0.05, 0) is 12.6 Å². The van der Waals surface area contributed by atoms with Crippen molar-refractivity contribution in [1.82, 2.24) is 5.32 Å². The largest absolute Gasteiger partial charge is 0.331 e. The zero-order valence-electron chi connectivity index (χ0n) is 6.03. The molecule has 2 atom stereocenters. The van der Waals surface area contributed by atoms with Crippen molar-refractivity contribution in [3.63, 3.8) is 0 Å². The minimum absolute atomic E-state index is 0.0231. The molecule has 4 nitrogen and oxygen atoms in total. The van der Waals surface area contributed by atoms with Crippen molar-refractivity contribution in [3.05, 3.63) is 12.3 Å². The van der Waals surface area contributed by atoms with Crippen molar-refractivity contribution >= 4 is 5.91 Å². The van der Waals surface area contributed by atoms with Crippen LogP contribution in [0.5, 0.6) is 0 Å². The SMILES string of the molecule is O=C1NC=CCC2CN=NC12. The van der Waals surface area contributed by atoms with Crippen molar-refractivity contribution < 1.29 is 4.79 Å². The lowest BCUT2D eigenvalue weighted by atomic mass is 9.98. The van der Waals surface area contributed by atoms with Gasteiger partial charge in [0.15, 0.2) is 6.04 Å². The van der Waals surface area contributed by atoms with Crippen LogP contribution in [0.3, 0.4) is 0 Å². The summed E-state index contributed by atoms with van der Waals surface area (Å²) in [6, 6.07) is -0.231. The van der Waals surface area contributed by atoms with Gasteiger partial charge in [-0.15, -0.1) is 0 Å². The highest BCUT2D eigenvalue weighted by molar-refractivity contribution is 5.83. The maximum atomic E-state index is 11.2. The first-order chi connectivity index (χ1) is 5.38. The van der Waals surface area contributed by atoms with Gasteiger partial charge < -0.3 is 5.32 Å². The number of amides is 1. The molecule has 0 fully saturated rings. The number of nitrogens with one attached hydrogen (secondary N) is 1. The lowest BCUT2D eigenvalue weighted by Crippen LogP contribution is -2.32. The molecule has 0 aliphatic carbocycles. The van der Waals surface area contributed by atoms with E-state index in [-0.39, 0.29) is 11.9 Å². The molecule has 1 N–H and O–H groups in total. The lowest BCUT2D eigenvalue weighted by Gasteiger charge is -2.08. The van der Waals surface area contributed by atoms with Gasteiger partial charge in [0.25, 0.3) is 5.91 Å². The van der Waals surface area contributed by atoms with Gasteiger partial charge >= 0.3 is 0 Å². The number of hydrogen-bond donors (Lipinski definition) is 1. The second kappa shape index (κ2) is 2.45. The summed E-state index contributed by atoms with van der Waals surface area (Å²) in [6.45, 7) is 0.697. The molecule has 1 amide bonds. The van der Waals surface area contributed by atoms with Gasteiger partial charge in [-0.3, -0.25) is 4.79 Å². The monoisotopic (exact) mass is 151 g/mol. The average molecular weight is 151 g/mol. The average Bonchev–Trinajstić information content (AvgIpc) is 2.40. The van der Waals surface area contributed by atoms with Crippen LogP contribution in [0.15, 0.2) is 22.5 Å². The molecule has 0 bridgehead atoms. The Hall–Kier alpha value is -1.19. The number of fused-ring (bicyclic) bond motifs is 1. The first-order valence-corrected chi connectivity index (χ1v) is 3.70. The van der Waals surface area contributed by atoms with Crippen LogP contribution in [-0.4, -0.2) is 18.5 Å². The van der Waals surface area contributed by atoms with Crippen molar-refractivity contribution in [1.29, 1.82) is 0 Å². The van der Waals surface area contributed by atoms with Crippen LogP contribution in [0.1, 0.15) is 6.42 Å². The topological polar surface area (TPSA) is 53.8 Å². The number of rotatable bonds is 0. The molecule has 0 aromatic carbocycles. The van der Waals surface area contributed by atoms with Gasteiger partial charge in [-0.1, -0.05) is 6.08 Å². The van der Waals surface area contributed by atoms with E-state index < -0.39 is 0 Å². The van der Waals surface area contributed by atoms with Crippen molar-refractivity contribution in [2.75, 3.05) is 6.54 Å². The van der Waals surface area contributed by atoms with Crippen LogP contribution in [-0.2, 0) is 4.79 Å². The van der Waals surface area contributed by atoms with Crippen molar-refractivity contribution in [2.45, 2.75) is 12.5 Å². The van der Waals surface area contributed by atoms with Gasteiger partial charge in [0, 0.05) is 5.92 Å². The van der Waals surface area contributed by atoms with E-state index in [0.29, 0.717) is 12.5 Å². The van der Waals surface area contributed by atoms with E-state index in [4.69, 9.17) is 0 Å². The van der Waals surface area contributed by atoms with Crippen molar-refractivity contribution in [2.24, 2.45) is 16.1 Å². The molecule has 2 aliphatic rings. The molecular weight excluding hydrogens is 142 g/mol. The van der Waals surface area contributed by atoms with Gasteiger partial charge in [0.05, 0.1) is 6.54 Å². The summed E-state index contributed by atoms with van der Waals surface area (Å²) < 4.78 is 0. The summed E-state index contributed by atoms with van der Waals surface area (Å²) in [4.78, 5) is 11.2. The maximum absolute atomic E-state index is 11.2. The summed E-state index contributed by atoms with van der Waals surface area (Å²) in [5.41, 5.74) is 0. The van der Waals surface area contributed by atoms with Gasteiger partial charge in [0.2, 0.25) is 0 Å². The van der Waals surface area contributed by atoms with Crippen molar-refractivity contribution in [3.8, 4) is 0 Å². The highest BCUT2D eigenvalue weighted by atomic mass is 16.2. The standard InChI is InChI=1S/C7H9N3O/c11-7-6-5(4-9-10-6)2-1-3-8-7/h1,3,5-6H,2,4H2,(H,8,11). The molecule has 0 saturated carbocycles. The Morgan fingerprint density at radius 2 is 2.55 bits per heavy atom. The summed E-state index contributed by atoms with van der Waals surface area (Å²) >= 11 is 0. The zero-order chi connectivity index (χ0) is 7.68. The number of carbonyl (C=O) groups excluding carboxylic acids is 1. The summed E-state index contributed by atoms with van der Waals surface area (Å²) in [5.74, 6) is 0.277. The Labute approximate surface area is 64.4 Å². The van der Waals surface area contributed by atoms with Crippen LogP contribution >= 0.6 is 0 Å². The molecule has 2 aliphatic heterocycles. The Morgan fingerprint density at radius 3 is 3.45 bits per heavy atom. The summed E-state index contributed by atoms with van der Waals surface area (Å²) in [6.07, 6.45) is 4.55. The highest BCUT2D eigenvalue weighted by Crippen LogP contribution is 2.21. The van der Waals surface area contributed by atoms with Crippen LogP contribution in [0.4, 0.5) is 0 Å². The molecule has 2 unspecified atom stereocenters. The number of allylic oxidation sites excluding steroid dienone is 1. The second-order valence-electron chi connectivity index (χ2n) is 2.79. The maximum Gasteiger partial charge on any atom is 0.250 e. The van der Waals surface area contributed by atoms with E-state index in [2.05, 4.69) is 15.5 Å². The fraction of sp³-hybridized carbons (Fsp3) is 0.571. The second-order valence-corrected chi connectivity index (χ2v) is 2.79. The fourth-order valence-corrected chi connectivity index (χ4v) is 1.37. The van der Waals surface area contributed by atoms with E-state index >= 15 is 0 Å². The Balaban J connectivity index is 2.20. The first-order valence-electron chi connectivity index (χ1n) is 3.70. The number of hydrogen-bond acceptors (Lipinski definition) is 3. The van der Waals surface area contributed by atoms with E-state index in [1.54, 1.807) is 6.20 Å². The normalized spacial score (nSPS) is 34.7. The third kappa shape index (κ3) is 1.04. The molecule has 0 aromatic rings. The lowest BCUT2D eigenvalue weighted by molar-refractivity contribution is -0.121. The zero-order valence-corrected chi connectivity index (χ0v) is 6.03. The minimum Gasteiger partial charge on any atom is -0.331 e. The number of nitrogens with zero attached hydrogens (tertiary/aromatic N) is 2. The Kier molecular flexibility index (Phi) is 1.45. The molecule has 2 rings (SSSR count). The predicted octanol–water partition coefficient (Wildman–Crippen LogP) is 0.471. The molecule has 58 valence electrons. The van der Waals surface area contributed by atoms with Gasteiger partial charge in [-0.2, -0.15) is 10.2 Å². The Morgan fingerprint density at radius 1 is 1.64 bits per heavy atom. The van der Waals surface area contributed by atoms with Gasteiger partial charge in [-0.25, -0.2) is 0 Å².